The van der Waals surface area contributed by atoms with Gasteiger partial charge in [0.2, 0.25) is 0 Å². The second-order valence-corrected chi connectivity index (χ2v) is 4.70. The van der Waals surface area contributed by atoms with Crippen molar-refractivity contribution in [2.75, 3.05) is 6.54 Å². The second-order valence-electron chi connectivity index (χ2n) is 4.70. The molecule has 2 heterocycles. The molecule has 6 heteroatoms. The van der Waals surface area contributed by atoms with Crippen LogP contribution in [0, 0.1) is 0 Å². The molecule has 0 aliphatic rings. The number of para-hydroxylation sites is 1. The Morgan fingerprint density at radius 3 is 2.95 bits per heavy atom. The van der Waals surface area contributed by atoms with E-state index in [-0.39, 0.29) is 6.04 Å². The van der Waals surface area contributed by atoms with Crippen LogP contribution in [0.4, 0.5) is 0 Å². The van der Waals surface area contributed by atoms with E-state index in [4.69, 9.17) is 4.42 Å². The van der Waals surface area contributed by atoms with Gasteiger partial charge in [0, 0.05) is 23.4 Å². The van der Waals surface area contributed by atoms with Gasteiger partial charge in [-0.05, 0) is 17.8 Å². The number of hydrogen-bond donors (Lipinski definition) is 1. The average molecular weight is 271 g/mol. The van der Waals surface area contributed by atoms with Crippen LogP contribution in [0.1, 0.15) is 24.4 Å². The number of likely N-dealkylation sites (N-methyl/N-ethyl adjacent to an activating group) is 1. The minimum atomic E-state index is 0.118. The maximum absolute atomic E-state index is 5.62. The van der Waals surface area contributed by atoms with Crippen LogP contribution in [0.15, 0.2) is 34.9 Å². The molecule has 3 rings (SSSR count). The lowest BCUT2D eigenvalue weighted by molar-refractivity contribution is 0.523. The Bertz CT molecular complexity index is 702. The van der Waals surface area contributed by atoms with Crippen LogP contribution in [0.25, 0.3) is 11.0 Å². The quantitative estimate of drug-likeness (QED) is 0.767. The highest BCUT2D eigenvalue weighted by atomic mass is 16.3. The first-order valence-corrected chi connectivity index (χ1v) is 6.70. The van der Waals surface area contributed by atoms with E-state index in [9.17, 15) is 0 Å². The molecule has 20 heavy (non-hydrogen) atoms. The zero-order chi connectivity index (χ0) is 13.9. The molecule has 3 aromatic rings. The van der Waals surface area contributed by atoms with E-state index in [1.807, 2.05) is 24.5 Å². The van der Waals surface area contributed by atoms with Gasteiger partial charge < -0.3 is 9.73 Å². The van der Waals surface area contributed by atoms with Gasteiger partial charge in [0.1, 0.15) is 5.58 Å². The molecule has 0 saturated heterocycles. The van der Waals surface area contributed by atoms with E-state index in [1.165, 1.54) is 4.80 Å². The molecular weight excluding hydrogens is 254 g/mol. The van der Waals surface area contributed by atoms with E-state index in [1.54, 1.807) is 7.05 Å². The van der Waals surface area contributed by atoms with Crippen LogP contribution in [0.3, 0.4) is 0 Å². The number of hydrogen-bond acceptors (Lipinski definition) is 5. The minimum Gasteiger partial charge on any atom is -0.464 e. The summed E-state index contributed by atoms with van der Waals surface area (Å²) in [5, 5.41) is 16.8. The predicted molar refractivity (Wildman–Crippen MR) is 75.1 cm³/mol. The molecule has 1 aromatic carbocycles. The van der Waals surface area contributed by atoms with Gasteiger partial charge in [-0.1, -0.05) is 25.1 Å². The van der Waals surface area contributed by atoms with Crippen molar-refractivity contribution in [1.82, 2.24) is 25.5 Å². The Hall–Kier alpha value is -2.21. The second kappa shape index (κ2) is 5.42. The van der Waals surface area contributed by atoms with E-state index in [0.29, 0.717) is 6.42 Å². The smallest absolute Gasteiger partial charge is 0.176 e. The van der Waals surface area contributed by atoms with E-state index >= 15 is 0 Å². The predicted octanol–water partition coefficient (Wildman–Crippen LogP) is 1.85. The summed E-state index contributed by atoms with van der Waals surface area (Å²) in [7, 11) is 1.77. The van der Waals surface area contributed by atoms with Crippen molar-refractivity contribution >= 4 is 11.0 Å². The fourth-order valence-electron chi connectivity index (χ4n) is 2.39. The summed E-state index contributed by atoms with van der Waals surface area (Å²) in [6.07, 6.45) is 2.50. The van der Waals surface area contributed by atoms with Gasteiger partial charge >= 0.3 is 0 Å². The lowest BCUT2D eigenvalue weighted by Crippen LogP contribution is -2.23. The molecular formula is C14H17N5O. The zero-order valence-electron chi connectivity index (χ0n) is 11.6. The van der Waals surface area contributed by atoms with Crippen LogP contribution in [0.2, 0.25) is 0 Å². The molecule has 0 aliphatic carbocycles. The molecule has 0 saturated carbocycles. The molecule has 0 fully saturated rings. The summed E-state index contributed by atoms with van der Waals surface area (Å²) >= 11 is 0. The average Bonchev–Trinajstić information content (AvgIpc) is 3.04. The first-order valence-electron chi connectivity index (χ1n) is 6.70. The zero-order valence-corrected chi connectivity index (χ0v) is 11.6. The van der Waals surface area contributed by atoms with Crippen molar-refractivity contribution in [3.8, 4) is 0 Å². The van der Waals surface area contributed by atoms with Crippen molar-refractivity contribution in [2.45, 2.75) is 19.4 Å². The van der Waals surface area contributed by atoms with E-state index in [0.717, 1.165) is 28.9 Å². The maximum atomic E-state index is 5.62. The summed E-state index contributed by atoms with van der Waals surface area (Å²) in [6.45, 7) is 2.95. The molecule has 0 amide bonds. The Kier molecular flexibility index (Phi) is 3.47. The minimum absolute atomic E-state index is 0.118. The standard InChI is InChI=1S/C14H17N5O/c1-3-15-12(8-14-16-18-19(2)17-14)11-9-20-13-7-5-4-6-10(11)13/h4-7,9,12,15H,3,8H2,1-2H3. The maximum Gasteiger partial charge on any atom is 0.176 e. The van der Waals surface area contributed by atoms with Gasteiger partial charge in [0.15, 0.2) is 5.82 Å². The lowest BCUT2D eigenvalue weighted by atomic mass is 10.0. The summed E-state index contributed by atoms with van der Waals surface area (Å²) in [5.41, 5.74) is 2.03. The highest BCUT2D eigenvalue weighted by Gasteiger charge is 2.18. The van der Waals surface area contributed by atoms with Gasteiger partial charge in [-0.2, -0.15) is 4.80 Å². The highest BCUT2D eigenvalue weighted by molar-refractivity contribution is 5.81. The number of aromatic nitrogens is 4. The van der Waals surface area contributed by atoms with E-state index < -0.39 is 0 Å². The van der Waals surface area contributed by atoms with Crippen molar-refractivity contribution in [3.05, 3.63) is 41.9 Å². The van der Waals surface area contributed by atoms with Gasteiger partial charge in [0.05, 0.1) is 13.3 Å². The summed E-state index contributed by atoms with van der Waals surface area (Å²) in [6, 6.07) is 8.16. The number of benzene rings is 1. The molecule has 1 unspecified atom stereocenters. The number of tetrazole rings is 1. The van der Waals surface area contributed by atoms with Crippen molar-refractivity contribution in [3.63, 3.8) is 0 Å². The monoisotopic (exact) mass is 271 g/mol. The van der Waals surface area contributed by atoms with E-state index in [2.05, 4.69) is 33.7 Å². The number of rotatable bonds is 5. The molecule has 0 spiro atoms. The normalized spacial score (nSPS) is 12.9. The van der Waals surface area contributed by atoms with Crippen molar-refractivity contribution in [2.24, 2.45) is 7.05 Å². The van der Waals surface area contributed by atoms with Crippen molar-refractivity contribution in [1.29, 1.82) is 0 Å². The lowest BCUT2D eigenvalue weighted by Gasteiger charge is -2.14. The summed E-state index contributed by atoms with van der Waals surface area (Å²) in [5.74, 6) is 0.726. The number of furan rings is 1. The fourth-order valence-corrected chi connectivity index (χ4v) is 2.39. The van der Waals surface area contributed by atoms with Gasteiger partial charge in [0.25, 0.3) is 0 Å². The fraction of sp³-hybridized carbons (Fsp3) is 0.357. The van der Waals surface area contributed by atoms with Crippen LogP contribution in [0.5, 0.6) is 0 Å². The topological polar surface area (TPSA) is 68.8 Å². The Balaban J connectivity index is 1.93. The number of nitrogens with one attached hydrogen (secondary N) is 1. The third-order valence-corrected chi connectivity index (χ3v) is 3.27. The molecule has 6 nitrogen and oxygen atoms in total. The third kappa shape index (κ3) is 2.42. The Morgan fingerprint density at radius 2 is 2.20 bits per heavy atom. The molecule has 0 radical (unpaired) electrons. The molecule has 0 bridgehead atoms. The molecule has 1 atom stereocenters. The Labute approximate surface area is 116 Å². The van der Waals surface area contributed by atoms with Crippen LogP contribution >= 0.6 is 0 Å². The largest absolute Gasteiger partial charge is 0.464 e. The molecule has 104 valence electrons. The number of aryl methyl sites for hydroxylation is 1. The van der Waals surface area contributed by atoms with Crippen LogP contribution in [-0.2, 0) is 13.5 Å². The molecule has 0 aliphatic heterocycles. The van der Waals surface area contributed by atoms with Crippen LogP contribution < -0.4 is 5.32 Å². The van der Waals surface area contributed by atoms with Gasteiger partial charge in [-0.15, -0.1) is 10.2 Å². The first kappa shape index (κ1) is 12.8. The Morgan fingerprint density at radius 1 is 1.35 bits per heavy atom. The number of nitrogens with zero attached hydrogens (tertiary/aromatic N) is 4. The van der Waals surface area contributed by atoms with Gasteiger partial charge in [-0.3, -0.25) is 0 Å². The molecule has 1 N–H and O–H groups in total. The van der Waals surface area contributed by atoms with Crippen molar-refractivity contribution < 1.29 is 4.42 Å². The SMILES string of the molecule is CCNC(Cc1nnn(C)n1)c1coc2ccccc12. The third-order valence-electron chi connectivity index (χ3n) is 3.27. The molecule has 2 aromatic heterocycles. The first-order chi connectivity index (χ1) is 9.78. The highest BCUT2D eigenvalue weighted by Crippen LogP contribution is 2.27. The van der Waals surface area contributed by atoms with Gasteiger partial charge in [-0.25, -0.2) is 0 Å². The van der Waals surface area contributed by atoms with Crippen LogP contribution in [-0.4, -0.2) is 26.8 Å². The summed E-state index contributed by atoms with van der Waals surface area (Å²) in [4.78, 5) is 1.48. The summed E-state index contributed by atoms with van der Waals surface area (Å²) < 4.78 is 5.62. The number of fused-ring (bicyclic) bond motifs is 1.